The van der Waals surface area contributed by atoms with Crippen molar-refractivity contribution in [2.45, 2.75) is 19.9 Å². The van der Waals surface area contributed by atoms with Gasteiger partial charge in [0.05, 0.1) is 0 Å². The highest BCUT2D eigenvalue weighted by Gasteiger charge is 2.06. The van der Waals surface area contributed by atoms with Crippen molar-refractivity contribution >= 4 is 17.9 Å². The van der Waals surface area contributed by atoms with Gasteiger partial charge in [0, 0.05) is 12.6 Å². The van der Waals surface area contributed by atoms with E-state index in [1.54, 1.807) is 10.8 Å². The Hall–Kier alpha value is -2.50. The van der Waals surface area contributed by atoms with E-state index >= 15 is 0 Å². The summed E-state index contributed by atoms with van der Waals surface area (Å²) in [5.41, 5.74) is 0.964. The molecule has 0 unspecified atom stereocenters. The fraction of sp³-hybridized carbons (Fsp3) is 0.231. The van der Waals surface area contributed by atoms with Crippen molar-refractivity contribution in [1.82, 2.24) is 20.2 Å². The molecule has 6 nitrogen and oxygen atoms in total. The van der Waals surface area contributed by atoms with Crippen LogP contribution in [0.15, 0.2) is 36.4 Å². The Morgan fingerprint density at radius 1 is 1.37 bits per heavy atom. The van der Waals surface area contributed by atoms with Crippen LogP contribution in [0.3, 0.4) is 0 Å². The van der Waals surface area contributed by atoms with Crippen LogP contribution in [-0.2, 0) is 11.3 Å². The van der Waals surface area contributed by atoms with Gasteiger partial charge in [-0.25, -0.2) is 4.68 Å². The summed E-state index contributed by atoms with van der Waals surface area (Å²) in [4.78, 5) is 11.7. The second-order valence-electron chi connectivity index (χ2n) is 3.96. The fourth-order valence-electron chi connectivity index (χ4n) is 1.54. The third-order valence-corrected chi connectivity index (χ3v) is 2.43. The Labute approximate surface area is 111 Å². The first-order valence-corrected chi connectivity index (χ1v) is 6.10. The maximum Gasteiger partial charge on any atom is 0.250 e. The monoisotopic (exact) mass is 257 g/mol. The molecule has 0 saturated heterocycles. The van der Waals surface area contributed by atoms with Gasteiger partial charge < -0.3 is 0 Å². The van der Waals surface area contributed by atoms with E-state index in [0.717, 1.165) is 12.0 Å². The first-order chi connectivity index (χ1) is 9.29. The summed E-state index contributed by atoms with van der Waals surface area (Å²) in [7, 11) is 0. The molecule has 1 aromatic heterocycles. The topological polar surface area (TPSA) is 72.7 Å². The van der Waals surface area contributed by atoms with Gasteiger partial charge >= 0.3 is 0 Å². The van der Waals surface area contributed by atoms with Crippen LogP contribution in [0.1, 0.15) is 18.9 Å². The predicted octanol–water partition coefficient (Wildman–Crippen LogP) is 1.73. The van der Waals surface area contributed by atoms with E-state index < -0.39 is 0 Å². The van der Waals surface area contributed by atoms with E-state index in [1.165, 1.54) is 6.08 Å². The summed E-state index contributed by atoms with van der Waals surface area (Å²) in [6, 6.07) is 9.60. The van der Waals surface area contributed by atoms with Gasteiger partial charge in [-0.05, 0) is 28.5 Å². The summed E-state index contributed by atoms with van der Waals surface area (Å²) in [5, 5.41) is 13.7. The number of anilines is 1. The Kier molecular flexibility index (Phi) is 4.39. The second kappa shape index (κ2) is 6.44. The van der Waals surface area contributed by atoms with E-state index in [9.17, 15) is 4.79 Å². The molecule has 6 heteroatoms. The maximum atomic E-state index is 11.7. The van der Waals surface area contributed by atoms with Gasteiger partial charge in [-0.1, -0.05) is 42.4 Å². The van der Waals surface area contributed by atoms with Crippen molar-refractivity contribution in [2.24, 2.45) is 0 Å². The third-order valence-electron chi connectivity index (χ3n) is 2.43. The van der Waals surface area contributed by atoms with E-state index in [4.69, 9.17) is 0 Å². The predicted molar refractivity (Wildman–Crippen MR) is 72.2 cm³/mol. The van der Waals surface area contributed by atoms with E-state index in [0.29, 0.717) is 12.5 Å². The Bertz CT molecular complexity index is 561. The molecule has 0 aliphatic carbocycles. The van der Waals surface area contributed by atoms with Gasteiger partial charge in [0.15, 0.2) is 0 Å². The first kappa shape index (κ1) is 12.9. The lowest BCUT2D eigenvalue weighted by atomic mass is 10.2. The number of carbonyl (C=O) groups is 1. The average molecular weight is 257 g/mol. The SMILES string of the molecule is CCCn1nnnc1NC(=O)C=Cc1ccccc1. The van der Waals surface area contributed by atoms with Crippen molar-refractivity contribution in [3.05, 3.63) is 42.0 Å². The van der Waals surface area contributed by atoms with Crippen LogP contribution in [0.2, 0.25) is 0 Å². The Morgan fingerprint density at radius 2 is 2.16 bits per heavy atom. The first-order valence-electron chi connectivity index (χ1n) is 6.10. The van der Waals surface area contributed by atoms with Crippen molar-refractivity contribution in [2.75, 3.05) is 5.32 Å². The minimum Gasteiger partial charge on any atom is -0.290 e. The lowest BCUT2D eigenvalue weighted by Gasteiger charge is -2.02. The van der Waals surface area contributed by atoms with Crippen LogP contribution in [0.5, 0.6) is 0 Å². The fourth-order valence-corrected chi connectivity index (χ4v) is 1.54. The van der Waals surface area contributed by atoms with Crippen LogP contribution >= 0.6 is 0 Å². The Balaban J connectivity index is 1.98. The molecule has 1 heterocycles. The summed E-state index contributed by atoms with van der Waals surface area (Å²) in [5.74, 6) is 0.112. The number of aromatic nitrogens is 4. The number of rotatable bonds is 5. The quantitative estimate of drug-likeness (QED) is 0.828. The van der Waals surface area contributed by atoms with Crippen molar-refractivity contribution in [1.29, 1.82) is 0 Å². The van der Waals surface area contributed by atoms with Gasteiger partial charge in [0.1, 0.15) is 0 Å². The molecule has 1 amide bonds. The molecule has 0 radical (unpaired) electrons. The standard InChI is InChI=1S/C13H15N5O/c1-2-10-18-13(15-16-17-18)14-12(19)9-8-11-6-4-3-5-7-11/h3-9H,2,10H2,1H3,(H,14,15,17,19). The van der Waals surface area contributed by atoms with Gasteiger partial charge in [0.2, 0.25) is 5.95 Å². The van der Waals surface area contributed by atoms with Gasteiger partial charge in [-0.3, -0.25) is 10.1 Å². The minimum atomic E-state index is -0.254. The minimum absolute atomic E-state index is 0.254. The number of benzene rings is 1. The van der Waals surface area contributed by atoms with Gasteiger partial charge in [-0.2, -0.15) is 0 Å². The molecule has 98 valence electrons. The van der Waals surface area contributed by atoms with Crippen LogP contribution in [-0.4, -0.2) is 26.1 Å². The summed E-state index contributed by atoms with van der Waals surface area (Å²) >= 11 is 0. The number of nitrogens with zero attached hydrogens (tertiary/aromatic N) is 4. The molecule has 2 aromatic rings. The zero-order valence-electron chi connectivity index (χ0n) is 10.7. The molecule has 0 spiro atoms. The molecule has 0 aliphatic heterocycles. The van der Waals surface area contributed by atoms with Crippen LogP contribution in [0, 0.1) is 0 Å². The molecule has 0 bridgehead atoms. The average Bonchev–Trinajstić information content (AvgIpc) is 2.85. The lowest BCUT2D eigenvalue weighted by Crippen LogP contribution is -2.14. The molecule has 0 atom stereocenters. The number of hydrogen-bond acceptors (Lipinski definition) is 4. The number of amides is 1. The molecule has 2 rings (SSSR count). The molecule has 1 N–H and O–H groups in total. The second-order valence-corrected chi connectivity index (χ2v) is 3.96. The normalized spacial score (nSPS) is 10.8. The number of carbonyl (C=O) groups excluding carboxylic acids is 1. The zero-order valence-corrected chi connectivity index (χ0v) is 10.7. The highest BCUT2D eigenvalue weighted by molar-refractivity contribution is 6.00. The smallest absolute Gasteiger partial charge is 0.250 e. The summed E-state index contributed by atoms with van der Waals surface area (Å²) < 4.78 is 1.56. The molecule has 0 aliphatic rings. The van der Waals surface area contributed by atoms with Crippen LogP contribution in [0.4, 0.5) is 5.95 Å². The van der Waals surface area contributed by atoms with Crippen LogP contribution in [0.25, 0.3) is 6.08 Å². The van der Waals surface area contributed by atoms with Crippen LogP contribution < -0.4 is 5.32 Å². The highest BCUT2D eigenvalue weighted by Crippen LogP contribution is 2.03. The zero-order chi connectivity index (χ0) is 13.5. The Morgan fingerprint density at radius 3 is 2.89 bits per heavy atom. The number of nitrogens with one attached hydrogen (secondary N) is 1. The van der Waals surface area contributed by atoms with E-state index in [-0.39, 0.29) is 5.91 Å². The molecule has 0 saturated carbocycles. The maximum absolute atomic E-state index is 11.7. The molecule has 0 fully saturated rings. The molecule has 19 heavy (non-hydrogen) atoms. The number of hydrogen-bond donors (Lipinski definition) is 1. The van der Waals surface area contributed by atoms with E-state index in [1.807, 2.05) is 37.3 Å². The van der Waals surface area contributed by atoms with E-state index in [2.05, 4.69) is 20.8 Å². The number of tetrazole rings is 1. The highest BCUT2D eigenvalue weighted by atomic mass is 16.1. The van der Waals surface area contributed by atoms with Gasteiger partial charge in [0.25, 0.3) is 5.91 Å². The largest absolute Gasteiger partial charge is 0.290 e. The molecular formula is C13H15N5O. The third kappa shape index (κ3) is 3.74. The van der Waals surface area contributed by atoms with Gasteiger partial charge in [-0.15, -0.1) is 0 Å². The summed E-state index contributed by atoms with van der Waals surface area (Å²) in [6.45, 7) is 2.69. The molecule has 1 aromatic carbocycles. The lowest BCUT2D eigenvalue weighted by molar-refractivity contribution is -0.111. The summed E-state index contributed by atoms with van der Waals surface area (Å²) in [6.07, 6.45) is 4.09. The van der Waals surface area contributed by atoms with Crippen molar-refractivity contribution < 1.29 is 4.79 Å². The molecular weight excluding hydrogens is 242 g/mol. The number of aryl methyl sites for hydroxylation is 1. The van der Waals surface area contributed by atoms with Crippen molar-refractivity contribution in [3.63, 3.8) is 0 Å². The van der Waals surface area contributed by atoms with Crippen molar-refractivity contribution in [3.8, 4) is 0 Å².